The lowest BCUT2D eigenvalue weighted by molar-refractivity contribution is 0.0696. The van der Waals surface area contributed by atoms with Crippen LogP contribution in [0.3, 0.4) is 0 Å². The molecule has 0 aliphatic heterocycles. The SMILES string of the molecule is Cc1ccc(Nc2nc(-c3ccc(C(=O)N/N=C\c4cc(I)c(OCc5ccc(C(=O)O)cc5)c(I)c4)cc3)cs2)cc1. The second-order valence-electron chi connectivity index (χ2n) is 9.41. The van der Waals surface area contributed by atoms with E-state index < -0.39 is 5.97 Å². The van der Waals surface area contributed by atoms with Gasteiger partial charge < -0.3 is 15.2 Å². The third kappa shape index (κ3) is 8.18. The molecule has 1 heterocycles. The lowest BCUT2D eigenvalue weighted by Gasteiger charge is -2.11. The van der Waals surface area contributed by atoms with E-state index in [0.717, 1.165) is 46.1 Å². The van der Waals surface area contributed by atoms with Gasteiger partial charge in [0, 0.05) is 22.2 Å². The number of carbonyl (C=O) groups is 2. The van der Waals surface area contributed by atoms with Crippen molar-refractivity contribution in [3.05, 3.63) is 125 Å². The van der Waals surface area contributed by atoms with Crippen LogP contribution in [0.25, 0.3) is 11.3 Å². The molecular weight excluding hydrogens is 790 g/mol. The van der Waals surface area contributed by atoms with Crippen molar-refractivity contribution in [3.8, 4) is 17.0 Å². The van der Waals surface area contributed by atoms with Crippen molar-refractivity contribution in [1.29, 1.82) is 0 Å². The van der Waals surface area contributed by atoms with E-state index in [9.17, 15) is 9.59 Å². The van der Waals surface area contributed by atoms with Crippen molar-refractivity contribution in [3.63, 3.8) is 0 Å². The highest BCUT2D eigenvalue weighted by molar-refractivity contribution is 14.1. The molecule has 0 bridgehead atoms. The van der Waals surface area contributed by atoms with Gasteiger partial charge in [-0.15, -0.1) is 11.3 Å². The summed E-state index contributed by atoms with van der Waals surface area (Å²) in [6.07, 6.45) is 1.59. The molecule has 0 fully saturated rings. The summed E-state index contributed by atoms with van der Waals surface area (Å²) in [5.41, 5.74) is 8.90. The molecule has 0 radical (unpaired) electrons. The number of nitrogens with one attached hydrogen (secondary N) is 2. The number of aryl methyl sites for hydroxylation is 1. The highest BCUT2D eigenvalue weighted by atomic mass is 127. The molecule has 0 atom stereocenters. The minimum Gasteiger partial charge on any atom is -0.487 e. The number of hydrogen-bond acceptors (Lipinski definition) is 7. The number of benzene rings is 4. The predicted octanol–water partition coefficient (Wildman–Crippen LogP) is 8.11. The standard InChI is InChI=1S/C32H24I2N4O4S/c1-19-2-12-25(13-3-19)36-32-37-28(18-43-32)22-8-10-23(11-9-22)30(39)38-35-16-21-14-26(33)29(27(34)15-21)42-17-20-4-6-24(7-5-20)31(40)41/h2-16,18H,17H2,1H3,(H,36,37)(H,38,39)(H,40,41)/b35-16-. The summed E-state index contributed by atoms with van der Waals surface area (Å²) >= 11 is 5.91. The van der Waals surface area contributed by atoms with Gasteiger partial charge >= 0.3 is 5.97 Å². The van der Waals surface area contributed by atoms with E-state index in [1.165, 1.54) is 16.9 Å². The summed E-state index contributed by atoms with van der Waals surface area (Å²) in [4.78, 5) is 28.4. The zero-order valence-corrected chi connectivity index (χ0v) is 27.8. The molecule has 4 aromatic carbocycles. The number of rotatable bonds is 10. The molecule has 8 nitrogen and oxygen atoms in total. The quantitative estimate of drug-likeness (QED) is 0.0747. The number of amides is 1. The molecule has 11 heteroatoms. The molecule has 1 aromatic heterocycles. The number of aromatic carboxylic acids is 1. The van der Waals surface area contributed by atoms with Crippen LogP contribution in [0.2, 0.25) is 0 Å². The molecule has 0 spiro atoms. The van der Waals surface area contributed by atoms with Crippen LogP contribution in [0.5, 0.6) is 5.75 Å². The third-order valence-electron chi connectivity index (χ3n) is 6.23. The molecule has 216 valence electrons. The van der Waals surface area contributed by atoms with Gasteiger partial charge in [-0.3, -0.25) is 4.79 Å². The lowest BCUT2D eigenvalue weighted by Crippen LogP contribution is -2.17. The Morgan fingerprint density at radius 3 is 2.26 bits per heavy atom. The Bertz CT molecular complexity index is 1770. The maximum Gasteiger partial charge on any atom is 0.335 e. The smallest absolute Gasteiger partial charge is 0.335 e. The summed E-state index contributed by atoms with van der Waals surface area (Å²) in [7, 11) is 0. The van der Waals surface area contributed by atoms with Gasteiger partial charge in [0.15, 0.2) is 5.13 Å². The Balaban J connectivity index is 1.15. The summed E-state index contributed by atoms with van der Waals surface area (Å²) in [6, 6.07) is 25.8. The fraction of sp³-hybridized carbons (Fsp3) is 0.0625. The van der Waals surface area contributed by atoms with Gasteiger partial charge in [0.05, 0.1) is 24.6 Å². The second-order valence-corrected chi connectivity index (χ2v) is 12.6. The van der Waals surface area contributed by atoms with E-state index in [1.807, 2.05) is 53.9 Å². The highest BCUT2D eigenvalue weighted by Crippen LogP contribution is 2.30. The van der Waals surface area contributed by atoms with Crippen molar-refractivity contribution < 1.29 is 19.4 Å². The van der Waals surface area contributed by atoms with Gasteiger partial charge in [0.2, 0.25) is 0 Å². The Kier molecular flexibility index (Phi) is 10.0. The predicted molar refractivity (Wildman–Crippen MR) is 187 cm³/mol. The Morgan fingerprint density at radius 2 is 1.60 bits per heavy atom. The maximum absolute atomic E-state index is 12.7. The van der Waals surface area contributed by atoms with Crippen molar-refractivity contribution in [2.75, 3.05) is 5.32 Å². The number of halogens is 2. The van der Waals surface area contributed by atoms with E-state index in [0.29, 0.717) is 12.2 Å². The van der Waals surface area contributed by atoms with Crippen molar-refractivity contribution >= 4 is 85.4 Å². The number of thiazole rings is 1. The van der Waals surface area contributed by atoms with Crippen LogP contribution < -0.4 is 15.5 Å². The van der Waals surface area contributed by atoms with Gasteiger partial charge in [-0.1, -0.05) is 42.0 Å². The second kappa shape index (κ2) is 14.1. The number of carboxylic acid groups (broad SMARTS) is 1. The molecule has 3 N–H and O–H groups in total. The summed E-state index contributed by atoms with van der Waals surface area (Å²) in [5.74, 6) is -0.556. The molecule has 0 saturated carbocycles. The Morgan fingerprint density at radius 1 is 0.953 bits per heavy atom. The molecule has 0 aliphatic carbocycles. The monoisotopic (exact) mass is 814 g/mol. The number of carbonyl (C=O) groups excluding carboxylic acids is 1. The zero-order chi connectivity index (χ0) is 30.3. The number of carboxylic acids is 1. The number of aromatic nitrogens is 1. The molecule has 0 aliphatic rings. The molecular formula is C32H24I2N4O4S. The van der Waals surface area contributed by atoms with E-state index in [1.54, 1.807) is 42.6 Å². The van der Waals surface area contributed by atoms with E-state index in [2.05, 4.69) is 72.9 Å². The van der Waals surface area contributed by atoms with Gasteiger partial charge in [-0.05, 0) is 112 Å². The topological polar surface area (TPSA) is 113 Å². The average Bonchev–Trinajstić information content (AvgIpc) is 3.46. The van der Waals surface area contributed by atoms with E-state index >= 15 is 0 Å². The summed E-state index contributed by atoms with van der Waals surface area (Å²) in [6.45, 7) is 2.36. The van der Waals surface area contributed by atoms with Crippen LogP contribution in [-0.4, -0.2) is 28.2 Å². The largest absolute Gasteiger partial charge is 0.487 e. The number of nitrogens with zero attached hydrogens (tertiary/aromatic N) is 2. The van der Waals surface area contributed by atoms with Gasteiger partial charge in [0.1, 0.15) is 12.4 Å². The molecule has 5 rings (SSSR count). The minimum atomic E-state index is -0.962. The zero-order valence-electron chi connectivity index (χ0n) is 22.7. The fourth-order valence-electron chi connectivity index (χ4n) is 3.94. The number of hydrogen-bond donors (Lipinski definition) is 3. The van der Waals surface area contributed by atoms with Crippen LogP contribution in [0, 0.1) is 14.1 Å². The van der Waals surface area contributed by atoms with Crippen LogP contribution in [-0.2, 0) is 6.61 Å². The first kappa shape index (κ1) is 30.6. The first-order valence-electron chi connectivity index (χ1n) is 12.9. The normalized spacial score (nSPS) is 11.0. The summed E-state index contributed by atoms with van der Waals surface area (Å²) in [5, 5.41) is 19.3. The average molecular weight is 814 g/mol. The Labute approximate surface area is 279 Å². The lowest BCUT2D eigenvalue weighted by atomic mass is 10.1. The van der Waals surface area contributed by atoms with Crippen molar-refractivity contribution in [2.24, 2.45) is 5.10 Å². The minimum absolute atomic E-state index is 0.234. The van der Waals surface area contributed by atoms with Crippen molar-refractivity contribution in [2.45, 2.75) is 13.5 Å². The van der Waals surface area contributed by atoms with Crippen LogP contribution in [0.4, 0.5) is 10.8 Å². The molecule has 1 amide bonds. The van der Waals surface area contributed by atoms with Crippen LogP contribution >= 0.6 is 56.5 Å². The van der Waals surface area contributed by atoms with Crippen LogP contribution in [0.15, 0.2) is 95.4 Å². The Hall–Kier alpha value is -3.82. The van der Waals surface area contributed by atoms with Gasteiger partial charge in [-0.2, -0.15) is 5.10 Å². The van der Waals surface area contributed by atoms with Crippen LogP contribution in [0.1, 0.15) is 37.4 Å². The van der Waals surface area contributed by atoms with E-state index in [4.69, 9.17) is 9.84 Å². The highest BCUT2D eigenvalue weighted by Gasteiger charge is 2.11. The maximum atomic E-state index is 12.7. The third-order valence-corrected chi connectivity index (χ3v) is 8.59. The first-order chi connectivity index (χ1) is 20.7. The molecule has 5 aromatic rings. The number of ether oxygens (including phenoxy) is 1. The van der Waals surface area contributed by atoms with Gasteiger partial charge in [-0.25, -0.2) is 15.2 Å². The molecule has 0 saturated heterocycles. The molecule has 0 unspecified atom stereocenters. The summed E-state index contributed by atoms with van der Waals surface area (Å²) < 4.78 is 7.77. The van der Waals surface area contributed by atoms with E-state index in [-0.39, 0.29) is 11.5 Å². The fourth-order valence-corrected chi connectivity index (χ4v) is 6.81. The number of anilines is 2. The van der Waals surface area contributed by atoms with Gasteiger partial charge in [0.25, 0.3) is 5.91 Å². The molecule has 43 heavy (non-hydrogen) atoms. The van der Waals surface area contributed by atoms with Crippen molar-refractivity contribution in [1.82, 2.24) is 10.4 Å². The first-order valence-corrected chi connectivity index (χ1v) is 16.0. The number of hydrazone groups is 1.